The highest BCUT2D eigenvalue weighted by molar-refractivity contribution is 5.76. The summed E-state index contributed by atoms with van der Waals surface area (Å²) < 4.78 is 0. The first-order valence-corrected chi connectivity index (χ1v) is 12.8. The van der Waals surface area contributed by atoms with E-state index in [2.05, 4.69) is 45.3 Å². The van der Waals surface area contributed by atoms with Crippen molar-refractivity contribution in [1.82, 2.24) is 10.6 Å². The van der Waals surface area contributed by atoms with Crippen LogP contribution in [0.1, 0.15) is 131 Å². The average Bonchev–Trinajstić information content (AvgIpc) is 2.64. The van der Waals surface area contributed by atoms with Gasteiger partial charge in [0.05, 0.1) is 0 Å². The second-order valence-corrected chi connectivity index (χ2v) is 10.9. The van der Waals surface area contributed by atoms with Gasteiger partial charge in [-0.15, -0.1) is 0 Å². The Bertz CT molecular complexity index is 503. The fourth-order valence-corrected chi connectivity index (χ4v) is 5.35. The minimum absolute atomic E-state index is 0.0404. The van der Waals surface area contributed by atoms with Crippen molar-refractivity contribution >= 4 is 11.8 Å². The second-order valence-electron chi connectivity index (χ2n) is 10.9. The molecule has 0 aliphatic heterocycles. The smallest absolute Gasteiger partial charge is 0.220 e. The maximum absolute atomic E-state index is 12.4. The molecular formula is C26H50N2O2. The van der Waals surface area contributed by atoms with Gasteiger partial charge in [0, 0.05) is 25.4 Å². The molecule has 2 atom stereocenters. The lowest BCUT2D eigenvalue weighted by atomic mass is 9.62. The lowest BCUT2D eigenvalue weighted by molar-refractivity contribution is -0.124. The molecule has 0 heterocycles. The van der Waals surface area contributed by atoms with Gasteiger partial charge < -0.3 is 10.6 Å². The first-order chi connectivity index (χ1) is 14.2. The first-order valence-electron chi connectivity index (χ1n) is 12.8. The quantitative estimate of drug-likeness (QED) is 0.295. The van der Waals surface area contributed by atoms with Gasteiger partial charge in [-0.2, -0.15) is 0 Å². The van der Waals surface area contributed by atoms with Gasteiger partial charge in [-0.25, -0.2) is 0 Å². The standard InChI is InChI=1S/C26H50N2O2/c1-6-8-10-12-14-16-23(29)27-21-26(5)19-22(18-25(3,4)20-26)28-24(30)17-15-13-11-9-7-2/h22H,6-21H2,1-5H3,(H,27,29)(H,28,30). The zero-order chi connectivity index (χ0) is 22.5. The topological polar surface area (TPSA) is 58.2 Å². The van der Waals surface area contributed by atoms with E-state index in [4.69, 9.17) is 0 Å². The van der Waals surface area contributed by atoms with Crippen LogP contribution in [0.25, 0.3) is 0 Å². The largest absolute Gasteiger partial charge is 0.356 e. The number of amides is 2. The summed E-state index contributed by atoms with van der Waals surface area (Å²) >= 11 is 0. The Morgan fingerprint density at radius 2 is 1.30 bits per heavy atom. The highest BCUT2D eigenvalue weighted by Crippen LogP contribution is 2.45. The molecule has 1 aliphatic rings. The fraction of sp³-hybridized carbons (Fsp3) is 0.923. The van der Waals surface area contributed by atoms with E-state index in [9.17, 15) is 9.59 Å². The summed E-state index contributed by atoms with van der Waals surface area (Å²) in [7, 11) is 0. The molecule has 1 saturated carbocycles. The third kappa shape index (κ3) is 12.0. The van der Waals surface area contributed by atoms with Gasteiger partial charge in [-0.05, 0) is 42.9 Å². The zero-order valence-corrected chi connectivity index (χ0v) is 20.7. The molecule has 0 radical (unpaired) electrons. The molecule has 0 bridgehead atoms. The molecule has 176 valence electrons. The van der Waals surface area contributed by atoms with E-state index in [1.54, 1.807) is 0 Å². The van der Waals surface area contributed by atoms with Gasteiger partial charge >= 0.3 is 0 Å². The monoisotopic (exact) mass is 422 g/mol. The minimum Gasteiger partial charge on any atom is -0.356 e. The van der Waals surface area contributed by atoms with E-state index in [1.165, 1.54) is 38.5 Å². The Labute approximate surface area is 186 Å². The summed E-state index contributed by atoms with van der Waals surface area (Å²) in [6.45, 7) is 12.0. The molecule has 2 amide bonds. The van der Waals surface area contributed by atoms with Gasteiger partial charge in [0.25, 0.3) is 0 Å². The zero-order valence-electron chi connectivity index (χ0n) is 20.7. The van der Waals surface area contributed by atoms with Crippen molar-refractivity contribution in [2.75, 3.05) is 6.54 Å². The molecule has 2 unspecified atom stereocenters. The van der Waals surface area contributed by atoms with Gasteiger partial charge in [-0.1, -0.05) is 86.0 Å². The number of unbranched alkanes of at least 4 members (excludes halogenated alkanes) is 8. The summed E-state index contributed by atoms with van der Waals surface area (Å²) in [5, 5.41) is 6.51. The number of carbonyl (C=O) groups is 2. The van der Waals surface area contributed by atoms with Crippen molar-refractivity contribution in [3.05, 3.63) is 0 Å². The molecule has 0 spiro atoms. The van der Waals surface area contributed by atoms with Crippen molar-refractivity contribution in [2.24, 2.45) is 10.8 Å². The molecule has 0 aromatic heterocycles. The van der Waals surface area contributed by atoms with Crippen LogP contribution < -0.4 is 10.6 Å². The number of rotatable bonds is 15. The summed E-state index contributed by atoms with van der Waals surface area (Å²) in [6, 6.07) is 0.216. The predicted octanol–water partition coefficient (Wildman–Crippen LogP) is 6.52. The highest BCUT2D eigenvalue weighted by atomic mass is 16.2. The highest BCUT2D eigenvalue weighted by Gasteiger charge is 2.41. The first kappa shape index (κ1) is 27.0. The van der Waals surface area contributed by atoms with Crippen molar-refractivity contribution in [2.45, 2.75) is 137 Å². The Hall–Kier alpha value is -1.06. The molecule has 1 aliphatic carbocycles. The van der Waals surface area contributed by atoms with Gasteiger partial charge in [0.1, 0.15) is 0 Å². The van der Waals surface area contributed by atoms with Crippen molar-refractivity contribution in [3.8, 4) is 0 Å². The lowest BCUT2D eigenvalue weighted by Crippen LogP contribution is -2.50. The van der Waals surface area contributed by atoms with Crippen LogP contribution in [0, 0.1) is 10.8 Å². The van der Waals surface area contributed by atoms with Crippen LogP contribution in [0.3, 0.4) is 0 Å². The Balaban J connectivity index is 2.42. The number of carbonyl (C=O) groups excluding carboxylic acids is 2. The van der Waals surface area contributed by atoms with Crippen LogP contribution >= 0.6 is 0 Å². The van der Waals surface area contributed by atoms with E-state index in [0.717, 1.165) is 44.9 Å². The van der Waals surface area contributed by atoms with E-state index >= 15 is 0 Å². The van der Waals surface area contributed by atoms with Crippen molar-refractivity contribution in [1.29, 1.82) is 0 Å². The van der Waals surface area contributed by atoms with Crippen molar-refractivity contribution < 1.29 is 9.59 Å². The summed E-state index contributed by atoms with van der Waals surface area (Å²) in [5.41, 5.74) is 0.218. The van der Waals surface area contributed by atoms with Crippen LogP contribution in [0.15, 0.2) is 0 Å². The van der Waals surface area contributed by atoms with Crippen molar-refractivity contribution in [3.63, 3.8) is 0 Å². The normalized spacial score (nSPS) is 23.2. The fourth-order valence-electron chi connectivity index (χ4n) is 5.35. The van der Waals surface area contributed by atoms with Crippen LogP contribution in [0.4, 0.5) is 0 Å². The Kier molecular flexibility index (Phi) is 12.7. The molecule has 1 fully saturated rings. The third-order valence-electron chi connectivity index (χ3n) is 6.54. The minimum atomic E-state index is 0.0404. The van der Waals surface area contributed by atoms with Gasteiger partial charge in [0.2, 0.25) is 11.8 Å². The van der Waals surface area contributed by atoms with Crippen LogP contribution in [-0.4, -0.2) is 24.4 Å². The lowest BCUT2D eigenvalue weighted by Gasteiger charge is -2.47. The molecule has 0 aromatic rings. The van der Waals surface area contributed by atoms with E-state index in [-0.39, 0.29) is 28.7 Å². The SMILES string of the molecule is CCCCCCCC(=O)NCC1(C)CC(NC(=O)CCCCCCC)CC(C)(C)C1. The van der Waals surface area contributed by atoms with E-state index < -0.39 is 0 Å². The summed E-state index contributed by atoms with van der Waals surface area (Å²) in [5.74, 6) is 0.386. The van der Waals surface area contributed by atoms with Gasteiger partial charge in [0.15, 0.2) is 0 Å². The Morgan fingerprint density at radius 3 is 1.87 bits per heavy atom. The Morgan fingerprint density at radius 1 is 0.767 bits per heavy atom. The van der Waals surface area contributed by atoms with E-state index in [0.29, 0.717) is 19.4 Å². The van der Waals surface area contributed by atoms with Gasteiger partial charge in [-0.3, -0.25) is 9.59 Å². The van der Waals surface area contributed by atoms with Crippen LogP contribution in [0.5, 0.6) is 0 Å². The number of nitrogens with one attached hydrogen (secondary N) is 2. The van der Waals surface area contributed by atoms with Crippen LogP contribution in [0.2, 0.25) is 0 Å². The molecule has 0 saturated heterocycles. The molecule has 4 nitrogen and oxygen atoms in total. The summed E-state index contributed by atoms with van der Waals surface area (Å²) in [6.07, 6.45) is 16.1. The van der Waals surface area contributed by atoms with Crippen LogP contribution in [-0.2, 0) is 9.59 Å². The maximum Gasteiger partial charge on any atom is 0.220 e. The maximum atomic E-state index is 12.4. The number of hydrogen-bond donors (Lipinski definition) is 2. The molecule has 0 aromatic carbocycles. The third-order valence-corrected chi connectivity index (χ3v) is 6.54. The molecular weight excluding hydrogens is 372 g/mol. The molecule has 4 heteroatoms. The molecule has 30 heavy (non-hydrogen) atoms. The summed E-state index contributed by atoms with van der Waals surface area (Å²) in [4.78, 5) is 24.7. The average molecular weight is 423 g/mol. The molecule has 1 rings (SSSR count). The second kappa shape index (κ2) is 14.1. The number of hydrogen-bond acceptors (Lipinski definition) is 2. The predicted molar refractivity (Wildman–Crippen MR) is 127 cm³/mol. The molecule has 2 N–H and O–H groups in total. The van der Waals surface area contributed by atoms with E-state index in [1.807, 2.05) is 0 Å².